The summed E-state index contributed by atoms with van der Waals surface area (Å²) in [5.74, 6) is 11.8. The Hall–Kier alpha value is -3.75. The average molecular weight is 321 g/mol. The van der Waals surface area contributed by atoms with Crippen molar-refractivity contribution < 1.29 is 4.79 Å². The molecule has 2 N–H and O–H groups in total. The van der Waals surface area contributed by atoms with Gasteiger partial charge in [-0.25, -0.2) is 0 Å². The van der Waals surface area contributed by atoms with E-state index in [0.717, 1.165) is 11.1 Å². The summed E-state index contributed by atoms with van der Waals surface area (Å²) in [7, 11) is 0. The highest BCUT2D eigenvalue weighted by Crippen LogP contribution is 2.10. The maximum absolute atomic E-state index is 11.6. The van der Waals surface area contributed by atoms with Gasteiger partial charge >= 0.3 is 0 Å². The van der Waals surface area contributed by atoms with Gasteiger partial charge in [0.25, 0.3) is 0 Å². The van der Waals surface area contributed by atoms with E-state index in [4.69, 9.17) is 5.73 Å². The zero-order valence-corrected chi connectivity index (χ0v) is 13.5. The predicted octanol–water partition coefficient (Wildman–Crippen LogP) is 3.59. The Morgan fingerprint density at radius 3 is 1.40 bits per heavy atom. The molecule has 0 radical (unpaired) electrons. The van der Waals surface area contributed by atoms with Crippen LogP contribution in [-0.2, 0) is 0 Å². The van der Waals surface area contributed by atoms with Crippen LogP contribution in [0, 0.1) is 23.7 Å². The summed E-state index contributed by atoms with van der Waals surface area (Å²) in [4.78, 5) is 11.6. The van der Waals surface area contributed by atoms with E-state index in [-0.39, 0.29) is 0 Å². The summed E-state index contributed by atoms with van der Waals surface area (Å²) in [5.41, 5.74) is 9.06. The maximum Gasteiger partial charge on any atom is 0.248 e. The first-order chi connectivity index (χ1) is 12.2. The van der Waals surface area contributed by atoms with Crippen molar-refractivity contribution in [3.8, 4) is 23.7 Å². The van der Waals surface area contributed by atoms with Gasteiger partial charge in [0, 0.05) is 27.8 Å². The molecule has 0 bridgehead atoms. The van der Waals surface area contributed by atoms with Crippen molar-refractivity contribution >= 4 is 5.91 Å². The van der Waals surface area contributed by atoms with Gasteiger partial charge in [0.05, 0.1) is 0 Å². The molecule has 3 aromatic carbocycles. The highest BCUT2D eigenvalue weighted by atomic mass is 16.1. The lowest BCUT2D eigenvalue weighted by molar-refractivity contribution is 0.1000. The number of hydrogen-bond acceptors (Lipinski definition) is 1. The molecule has 0 heterocycles. The van der Waals surface area contributed by atoms with Crippen LogP contribution in [0.15, 0.2) is 78.9 Å². The van der Waals surface area contributed by atoms with Crippen molar-refractivity contribution in [3.63, 3.8) is 0 Å². The summed E-state index contributed by atoms with van der Waals surface area (Å²) in [6.45, 7) is 0. The summed E-state index contributed by atoms with van der Waals surface area (Å²) in [6.07, 6.45) is 0. The Labute approximate surface area is 147 Å². The normalized spacial score (nSPS) is 9.28. The first kappa shape index (κ1) is 16.1. The molecule has 3 aromatic rings. The molecular weight excluding hydrogens is 306 g/mol. The summed E-state index contributed by atoms with van der Waals surface area (Å²) >= 11 is 0. The Balaban J connectivity index is 1.97. The Bertz CT molecular complexity index is 938. The zero-order valence-electron chi connectivity index (χ0n) is 13.5. The van der Waals surface area contributed by atoms with Gasteiger partial charge in [0.1, 0.15) is 0 Å². The van der Waals surface area contributed by atoms with Crippen LogP contribution in [0.4, 0.5) is 0 Å². The lowest BCUT2D eigenvalue weighted by Crippen LogP contribution is -2.11. The van der Waals surface area contributed by atoms with Crippen molar-refractivity contribution in [1.29, 1.82) is 0 Å². The van der Waals surface area contributed by atoms with E-state index in [1.54, 1.807) is 12.1 Å². The highest BCUT2D eigenvalue weighted by molar-refractivity contribution is 5.93. The van der Waals surface area contributed by atoms with Crippen molar-refractivity contribution in [1.82, 2.24) is 0 Å². The topological polar surface area (TPSA) is 43.1 Å². The molecule has 0 aromatic heterocycles. The first-order valence-corrected chi connectivity index (χ1v) is 7.80. The number of amides is 1. The molecule has 0 unspecified atom stereocenters. The third-order valence-corrected chi connectivity index (χ3v) is 3.47. The molecule has 0 fully saturated rings. The van der Waals surface area contributed by atoms with Crippen molar-refractivity contribution in [2.75, 3.05) is 0 Å². The van der Waals surface area contributed by atoms with Crippen molar-refractivity contribution in [2.45, 2.75) is 0 Å². The molecule has 2 heteroatoms. The second-order valence-corrected chi connectivity index (χ2v) is 5.40. The minimum Gasteiger partial charge on any atom is -0.366 e. The van der Waals surface area contributed by atoms with Gasteiger partial charge in [-0.3, -0.25) is 4.79 Å². The lowest BCUT2D eigenvalue weighted by atomic mass is 10.0. The van der Waals surface area contributed by atoms with Crippen LogP contribution in [0.1, 0.15) is 32.6 Å². The predicted molar refractivity (Wildman–Crippen MR) is 99.8 cm³/mol. The SMILES string of the molecule is NC(=O)c1cc(C#Cc2ccccc2)cc(C#Cc2ccccc2)c1. The third-order valence-electron chi connectivity index (χ3n) is 3.47. The second kappa shape index (κ2) is 7.68. The smallest absolute Gasteiger partial charge is 0.248 e. The zero-order chi connectivity index (χ0) is 17.5. The van der Waals surface area contributed by atoms with E-state index in [2.05, 4.69) is 23.7 Å². The highest BCUT2D eigenvalue weighted by Gasteiger charge is 2.03. The number of rotatable bonds is 1. The Morgan fingerprint density at radius 2 is 1.00 bits per heavy atom. The van der Waals surface area contributed by atoms with Crippen molar-refractivity contribution in [2.24, 2.45) is 5.73 Å². The van der Waals surface area contributed by atoms with Gasteiger partial charge in [-0.05, 0) is 42.5 Å². The monoisotopic (exact) mass is 321 g/mol. The van der Waals surface area contributed by atoms with Gasteiger partial charge in [0.15, 0.2) is 0 Å². The largest absolute Gasteiger partial charge is 0.366 e. The van der Waals surface area contributed by atoms with Crippen LogP contribution in [0.2, 0.25) is 0 Å². The van der Waals surface area contributed by atoms with E-state index in [1.165, 1.54) is 0 Å². The van der Waals surface area contributed by atoms with Crippen LogP contribution >= 0.6 is 0 Å². The molecule has 118 valence electrons. The molecule has 0 spiro atoms. The molecule has 1 amide bonds. The van der Waals surface area contributed by atoms with Crippen LogP contribution in [-0.4, -0.2) is 5.91 Å². The minimum atomic E-state index is -0.494. The van der Waals surface area contributed by atoms with Gasteiger partial charge in [-0.15, -0.1) is 0 Å². The molecule has 2 nitrogen and oxygen atoms in total. The standard InChI is InChI=1S/C23H15NO/c24-23(25)22-16-20(13-11-18-7-3-1-4-8-18)15-21(17-22)14-12-19-9-5-2-6-10-19/h1-10,15-17H,(H2,24,25). The summed E-state index contributed by atoms with van der Waals surface area (Å²) in [5, 5.41) is 0. The maximum atomic E-state index is 11.6. The number of carbonyl (C=O) groups is 1. The third kappa shape index (κ3) is 4.61. The average Bonchev–Trinajstić information content (AvgIpc) is 2.66. The van der Waals surface area contributed by atoms with Gasteiger partial charge in [-0.2, -0.15) is 0 Å². The minimum absolute atomic E-state index is 0.400. The quantitative estimate of drug-likeness (QED) is 0.684. The molecule has 0 saturated heterocycles. The fourth-order valence-electron chi connectivity index (χ4n) is 2.25. The number of primary amides is 1. The lowest BCUT2D eigenvalue weighted by Gasteiger charge is -1.99. The van der Waals surface area contributed by atoms with E-state index in [0.29, 0.717) is 16.7 Å². The second-order valence-electron chi connectivity index (χ2n) is 5.40. The van der Waals surface area contributed by atoms with Crippen LogP contribution in [0.5, 0.6) is 0 Å². The van der Waals surface area contributed by atoms with E-state index >= 15 is 0 Å². The van der Waals surface area contributed by atoms with Crippen LogP contribution in [0.3, 0.4) is 0 Å². The van der Waals surface area contributed by atoms with Crippen molar-refractivity contribution in [3.05, 3.63) is 107 Å². The fraction of sp³-hybridized carbons (Fsp3) is 0. The molecule has 3 rings (SSSR count). The Kier molecular flexibility index (Phi) is 4.95. The number of nitrogens with two attached hydrogens (primary N) is 1. The number of carbonyl (C=O) groups excluding carboxylic acids is 1. The van der Waals surface area contributed by atoms with E-state index < -0.39 is 5.91 Å². The van der Waals surface area contributed by atoms with Gasteiger partial charge in [-0.1, -0.05) is 60.1 Å². The molecular formula is C23H15NO. The molecule has 0 aliphatic rings. The van der Waals surface area contributed by atoms with Crippen LogP contribution in [0.25, 0.3) is 0 Å². The molecule has 0 aliphatic carbocycles. The van der Waals surface area contributed by atoms with Gasteiger partial charge in [0.2, 0.25) is 5.91 Å². The molecule has 0 aliphatic heterocycles. The van der Waals surface area contributed by atoms with E-state index in [1.807, 2.05) is 66.7 Å². The number of hydrogen-bond donors (Lipinski definition) is 1. The first-order valence-electron chi connectivity index (χ1n) is 7.80. The van der Waals surface area contributed by atoms with E-state index in [9.17, 15) is 4.79 Å². The summed E-state index contributed by atoms with van der Waals surface area (Å²) in [6, 6.07) is 24.6. The summed E-state index contributed by atoms with van der Waals surface area (Å²) < 4.78 is 0. The molecule has 25 heavy (non-hydrogen) atoms. The molecule has 0 atom stereocenters. The Morgan fingerprint density at radius 1 is 0.600 bits per heavy atom. The molecule has 0 saturated carbocycles. The fourth-order valence-corrected chi connectivity index (χ4v) is 2.25. The van der Waals surface area contributed by atoms with Gasteiger partial charge < -0.3 is 5.73 Å². The van der Waals surface area contributed by atoms with Crippen LogP contribution < -0.4 is 5.73 Å². The number of benzene rings is 3.